The van der Waals surface area contributed by atoms with Crippen molar-refractivity contribution < 1.29 is 19.2 Å². The molecule has 0 amide bonds. The number of hydrogen-bond donors (Lipinski definition) is 1. The van der Waals surface area contributed by atoms with Crippen LogP contribution in [0.25, 0.3) is 10.9 Å². The monoisotopic (exact) mass is 388 g/mol. The fourth-order valence-corrected chi connectivity index (χ4v) is 2.57. The standard InChI is InChI=1S/C10H11NO.C9H9NO4.2CH4/c1-7-5-9-8(3-4-11-9)6-10(7)12-2;1-6-3-8(10(12)13)7(5-11)4-9(6)14-2;;/h3-6,11H,1-2H3;3-5H,1-2H3;2*1H4. The first-order valence-electron chi connectivity index (χ1n) is 7.81. The van der Waals surface area contributed by atoms with Crippen molar-refractivity contribution in [3.8, 4) is 11.5 Å². The van der Waals surface area contributed by atoms with Crippen molar-refractivity contribution in [3.05, 3.63) is 63.3 Å². The molecule has 0 unspecified atom stereocenters. The fraction of sp³-hybridized carbons (Fsp3) is 0.286. The van der Waals surface area contributed by atoms with Crippen LogP contribution in [0.5, 0.6) is 11.5 Å². The van der Waals surface area contributed by atoms with E-state index in [1.807, 2.05) is 25.3 Å². The van der Waals surface area contributed by atoms with Gasteiger partial charge in [-0.3, -0.25) is 14.9 Å². The molecule has 0 spiro atoms. The van der Waals surface area contributed by atoms with Crippen molar-refractivity contribution >= 4 is 22.9 Å². The number of nitrogens with zero attached hydrogens (tertiary/aromatic N) is 1. The number of rotatable bonds is 4. The molecule has 0 saturated carbocycles. The number of nitrogens with one attached hydrogen (secondary N) is 1. The Balaban J connectivity index is 0.000000489. The molecular formula is C21H28N2O5. The molecule has 0 bridgehead atoms. The number of carbonyl (C=O) groups is 1. The summed E-state index contributed by atoms with van der Waals surface area (Å²) in [5.74, 6) is 1.42. The SMILES string of the molecule is C.C.COc1cc(C=O)c([N+](=O)[O-])cc1C.COc1cc2cc[nH]c2cc1C. The number of H-pyrrole nitrogens is 1. The Labute approximate surface area is 165 Å². The van der Waals surface area contributed by atoms with Gasteiger partial charge in [-0.05, 0) is 49.2 Å². The van der Waals surface area contributed by atoms with Crippen LogP contribution in [-0.4, -0.2) is 30.4 Å². The Morgan fingerprint density at radius 3 is 2.11 bits per heavy atom. The molecule has 1 N–H and O–H groups in total. The molecule has 0 saturated heterocycles. The molecule has 7 nitrogen and oxygen atoms in total. The number of nitro groups is 1. The molecule has 0 aliphatic heterocycles. The van der Waals surface area contributed by atoms with Crippen molar-refractivity contribution in [2.75, 3.05) is 14.2 Å². The number of aromatic nitrogens is 1. The van der Waals surface area contributed by atoms with Crippen LogP contribution in [0, 0.1) is 24.0 Å². The minimum Gasteiger partial charge on any atom is -0.496 e. The lowest BCUT2D eigenvalue weighted by atomic mass is 10.1. The van der Waals surface area contributed by atoms with E-state index in [2.05, 4.69) is 11.1 Å². The number of methoxy groups -OCH3 is 2. The minimum absolute atomic E-state index is 0. The van der Waals surface area contributed by atoms with Crippen molar-refractivity contribution in [2.45, 2.75) is 28.7 Å². The lowest BCUT2D eigenvalue weighted by Gasteiger charge is -2.04. The van der Waals surface area contributed by atoms with E-state index in [-0.39, 0.29) is 26.1 Å². The van der Waals surface area contributed by atoms with Crippen LogP contribution in [0.4, 0.5) is 5.69 Å². The molecule has 7 heteroatoms. The molecule has 0 aliphatic carbocycles. The first kappa shape index (κ1) is 24.7. The number of carbonyl (C=O) groups excluding carboxylic acids is 1. The quantitative estimate of drug-likeness (QED) is 0.363. The van der Waals surface area contributed by atoms with Gasteiger partial charge in [0.15, 0.2) is 6.29 Å². The van der Waals surface area contributed by atoms with Gasteiger partial charge in [0.2, 0.25) is 0 Å². The second-order valence-electron chi connectivity index (χ2n) is 5.64. The van der Waals surface area contributed by atoms with E-state index in [0.29, 0.717) is 17.6 Å². The zero-order chi connectivity index (χ0) is 19.3. The van der Waals surface area contributed by atoms with Crippen LogP contribution >= 0.6 is 0 Å². The lowest BCUT2D eigenvalue weighted by molar-refractivity contribution is -0.385. The van der Waals surface area contributed by atoms with Crippen molar-refractivity contribution in [1.29, 1.82) is 0 Å². The number of fused-ring (bicyclic) bond motifs is 1. The molecule has 0 aliphatic rings. The second-order valence-corrected chi connectivity index (χ2v) is 5.64. The Kier molecular flexibility index (Phi) is 9.43. The Bertz CT molecular complexity index is 947. The third-order valence-corrected chi connectivity index (χ3v) is 3.94. The summed E-state index contributed by atoms with van der Waals surface area (Å²) in [5.41, 5.74) is 2.78. The largest absolute Gasteiger partial charge is 0.496 e. The summed E-state index contributed by atoms with van der Waals surface area (Å²) in [7, 11) is 3.14. The highest BCUT2D eigenvalue weighted by Crippen LogP contribution is 2.26. The summed E-state index contributed by atoms with van der Waals surface area (Å²) in [5, 5.41) is 11.7. The average Bonchev–Trinajstić information content (AvgIpc) is 3.08. The van der Waals surface area contributed by atoms with Gasteiger partial charge >= 0.3 is 0 Å². The predicted molar refractivity (Wildman–Crippen MR) is 113 cm³/mol. The van der Waals surface area contributed by atoms with Gasteiger partial charge in [0.1, 0.15) is 11.5 Å². The van der Waals surface area contributed by atoms with E-state index in [0.717, 1.165) is 16.8 Å². The maximum atomic E-state index is 10.6. The minimum atomic E-state index is -0.587. The highest BCUT2D eigenvalue weighted by molar-refractivity contribution is 5.83. The zero-order valence-electron chi connectivity index (χ0n) is 15.0. The molecule has 2 aromatic carbocycles. The summed E-state index contributed by atoms with van der Waals surface area (Å²) >= 11 is 0. The van der Waals surface area contributed by atoms with Gasteiger partial charge in [-0.1, -0.05) is 14.9 Å². The average molecular weight is 388 g/mol. The Morgan fingerprint density at radius 2 is 1.57 bits per heavy atom. The summed E-state index contributed by atoms with van der Waals surface area (Å²) in [4.78, 5) is 23.7. The van der Waals surface area contributed by atoms with Gasteiger partial charge in [-0.25, -0.2) is 0 Å². The molecule has 0 atom stereocenters. The maximum absolute atomic E-state index is 10.6. The highest BCUT2D eigenvalue weighted by atomic mass is 16.6. The van der Waals surface area contributed by atoms with E-state index in [4.69, 9.17) is 9.47 Å². The van der Waals surface area contributed by atoms with Crippen LogP contribution in [0.1, 0.15) is 36.3 Å². The van der Waals surface area contributed by atoms with Gasteiger partial charge in [0.25, 0.3) is 5.69 Å². The van der Waals surface area contributed by atoms with Crippen LogP contribution < -0.4 is 9.47 Å². The van der Waals surface area contributed by atoms with Gasteiger partial charge < -0.3 is 14.5 Å². The molecule has 3 rings (SSSR count). The van der Waals surface area contributed by atoms with Gasteiger partial charge in [0.05, 0.1) is 24.7 Å². The Morgan fingerprint density at radius 1 is 1.00 bits per heavy atom. The van der Waals surface area contributed by atoms with Crippen LogP contribution in [0.15, 0.2) is 36.5 Å². The topological polar surface area (TPSA) is 94.5 Å². The van der Waals surface area contributed by atoms with Gasteiger partial charge in [-0.2, -0.15) is 0 Å². The van der Waals surface area contributed by atoms with Crippen LogP contribution in [0.2, 0.25) is 0 Å². The highest BCUT2D eigenvalue weighted by Gasteiger charge is 2.16. The number of hydrogen-bond acceptors (Lipinski definition) is 5. The summed E-state index contributed by atoms with van der Waals surface area (Å²) in [6.07, 6.45) is 2.38. The van der Waals surface area contributed by atoms with Crippen LogP contribution in [-0.2, 0) is 0 Å². The van der Waals surface area contributed by atoms with E-state index < -0.39 is 4.92 Å². The van der Waals surface area contributed by atoms with Crippen molar-refractivity contribution in [3.63, 3.8) is 0 Å². The number of aldehydes is 1. The molecule has 152 valence electrons. The Hall–Kier alpha value is -3.35. The summed E-state index contributed by atoms with van der Waals surface area (Å²) in [6.45, 7) is 3.72. The molecule has 3 aromatic rings. The van der Waals surface area contributed by atoms with Crippen LogP contribution in [0.3, 0.4) is 0 Å². The van der Waals surface area contributed by atoms with E-state index >= 15 is 0 Å². The van der Waals surface area contributed by atoms with Gasteiger partial charge in [0, 0.05) is 23.2 Å². The second kappa shape index (κ2) is 10.7. The molecule has 0 radical (unpaired) electrons. The van der Waals surface area contributed by atoms with Gasteiger partial charge in [-0.15, -0.1) is 0 Å². The smallest absolute Gasteiger partial charge is 0.280 e. The number of benzene rings is 2. The molecule has 0 fully saturated rings. The first-order valence-corrected chi connectivity index (χ1v) is 7.81. The molecule has 1 heterocycles. The third-order valence-electron chi connectivity index (χ3n) is 3.94. The first-order chi connectivity index (χ1) is 12.4. The van der Waals surface area contributed by atoms with E-state index in [9.17, 15) is 14.9 Å². The predicted octanol–water partition coefficient (Wildman–Crippen LogP) is 5.48. The lowest BCUT2D eigenvalue weighted by Crippen LogP contribution is -1.97. The molecular weight excluding hydrogens is 360 g/mol. The summed E-state index contributed by atoms with van der Waals surface area (Å²) < 4.78 is 10.1. The molecule has 28 heavy (non-hydrogen) atoms. The number of ether oxygens (including phenoxy) is 2. The number of nitro benzene ring substituents is 1. The molecule has 1 aromatic heterocycles. The fourth-order valence-electron chi connectivity index (χ4n) is 2.57. The zero-order valence-corrected chi connectivity index (χ0v) is 15.0. The summed E-state index contributed by atoms with van der Waals surface area (Å²) in [6, 6.07) is 8.86. The third kappa shape index (κ3) is 5.33. The van der Waals surface area contributed by atoms with E-state index in [1.54, 1.807) is 14.0 Å². The number of aromatic amines is 1. The number of aryl methyl sites for hydroxylation is 2. The van der Waals surface area contributed by atoms with E-state index in [1.165, 1.54) is 24.6 Å². The normalized spacial score (nSPS) is 9.29. The van der Waals surface area contributed by atoms with Crippen molar-refractivity contribution in [2.24, 2.45) is 0 Å². The van der Waals surface area contributed by atoms with Crippen molar-refractivity contribution in [1.82, 2.24) is 4.98 Å². The maximum Gasteiger partial charge on any atom is 0.280 e.